The molecule has 0 aliphatic carbocycles. The topological polar surface area (TPSA) is 77.0 Å². The van der Waals surface area contributed by atoms with E-state index in [9.17, 15) is 9.59 Å². The van der Waals surface area contributed by atoms with Crippen molar-refractivity contribution in [2.24, 2.45) is 0 Å². The Labute approximate surface area is 223 Å². The zero-order valence-electron chi connectivity index (χ0n) is 19.1. The lowest BCUT2D eigenvalue weighted by Gasteiger charge is -2.06. The van der Waals surface area contributed by atoms with Gasteiger partial charge in [0.15, 0.2) is 0 Å². The quantitative estimate of drug-likeness (QED) is 0.268. The molecule has 3 heterocycles. The molecule has 4 aromatic rings. The van der Waals surface area contributed by atoms with Crippen molar-refractivity contribution < 1.29 is 4.74 Å². The maximum absolute atomic E-state index is 11.7. The fourth-order valence-corrected chi connectivity index (χ4v) is 3.34. The average Bonchev–Trinajstić information content (AvgIpc) is 2.82. The van der Waals surface area contributed by atoms with Gasteiger partial charge in [-0.3, -0.25) is 14.2 Å². The third kappa shape index (κ3) is 8.38. The number of pyridine rings is 3. The standard InChI is InChI=1S/C12H10BrNO.C7H8BrNO.C6H6BrNO/c1-9-7-12(15)14(8-11(9)13)10-5-3-2-4-6-10;1-5-3-7(10-2)9-4-6(5)8;1-4-2-6(9)8-3-5(4)7/h2-8H,1H3;3-4H,1-2H3;2-3H,1H3,(H,8,9). The second-order valence-electron chi connectivity index (χ2n) is 7.15. The SMILES string of the molecule is COc1cc(C)c(Br)cn1.Cc1cc(=O)[nH]cc1Br.Cc1cc(=O)n(-c2ccccc2)cc1Br. The van der Waals surface area contributed by atoms with Gasteiger partial charge in [-0.15, -0.1) is 0 Å². The van der Waals surface area contributed by atoms with Gasteiger partial charge in [0.05, 0.1) is 7.11 Å². The maximum atomic E-state index is 11.7. The Morgan fingerprint density at radius 3 is 2.03 bits per heavy atom. The number of rotatable bonds is 2. The molecule has 3 aromatic heterocycles. The van der Waals surface area contributed by atoms with E-state index < -0.39 is 0 Å². The molecular weight excluding hydrogens is 630 g/mol. The van der Waals surface area contributed by atoms with Crippen molar-refractivity contribution in [1.82, 2.24) is 14.5 Å². The van der Waals surface area contributed by atoms with Gasteiger partial charge in [-0.25, -0.2) is 4.98 Å². The van der Waals surface area contributed by atoms with Crippen LogP contribution in [0.2, 0.25) is 0 Å². The molecule has 0 radical (unpaired) electrons. The molecule has 0 saturated carbocycles. The summed E-state index contributed by atoms with van der Waals surface area (Å²) in [4.78, 5) is 28.8. The molecule has 0 spiro atoms. The van der Waals surface area contributed by atoms with E-state index in [1.807, 2.05) is 57.2 Å². The first-order chi connectivity index (χ1) is 16.1. The Morgan fingerprint density at radius 1 is 0.853 bits per heavy atom. The first kappa shape index (κ1) is 27.8. The first-order valence-electron chi connectivity index (χ1n) is 10.1. The number of halogens is 3. The lowest BCUT2D eigenvalue weighted by atomic mass is 10.2. The van der Waals surface area contributed by atoms with Crippen LogP contribution in [0.5, 0.6) is 5.88 Å². The summed E-state index contributed by atoms with van der Waals surface area (Å²) < 4.78 is 9.42. The minimum Gasteiger partial charge on any atom is -0.481 e. The van der Waals surface area contributed by atoms with E-state index in [0.717, 1.165) is 35.8 Å². The van der Waals surface area contributed by atoms with E-state index >= 15 is 0 Å². The second kappa shape index (κ2) is 13.4. The summed E-state index contributed by atoms with van der Waals surface area (Å²) in [7, 11) is 1.61. The van der Waals surface area contributed by atoms with E-state index in [2.05, 4.69) is 57.8 Å². The van der Waals surface area contributed by atoms with Crippen LogP contribution in [0, 0.1) is 20.8 Å². The van der Waals surface area contributed by atoms with Crippen LogP contribution in [-0.2, 0) is 0 Å². The molecule has 0 aliphatic rings. The van der Waals surface area contributed by atoms with Crippen molar-refractivity contribution >= 4 is 47.8 Å². The van der Waals surface area contributed by atoms with E-state index in [-0.39, 0.29) is 11.1 Å². The Morgan fingerprint density at radius 2 is 1.47 bits per heavy atom. The minimum absolute atomic E-state index is 0.0121. The monoisotopic (exact) mass is 651 g/mol. The van der Waals surface area contributed by atoms with Crippen LogP contribution in [0.3, 0.4) is 0 Å². The fourth-order valence-electron chi connectivity index (χ4n) is 2.57. The molecule has 1 N–H and O–H groups in total. The molecule has 6 nitrogen and oxygen atoms in total. The van der Waals surface area contributed by atoms with Gasteiger partial charge in [-0.05, 0) is 97.4 Å². The first-order valence-corrected chi connectivity index (χ1v) is 12.5. The molecule has 0 fully saturated rings. The van der Waals surface area contributed by atoms with Crippen molar-refractivity contribution in [3.05, 3.63) is 118 Å². The van der Waals surface area contributed by atoms with Crippen molar-refractivity contribution in [2.45, 2.75) is 20.8 Å². The lowest BCUT2D eigenvalue weighted by molar-refractivity contribution is 0.397. The summed E-state index contributed by atoms with van der Waals surface area (Å²) in [5, 5.41) is 0. The van der Waals surface area contributed by atoms with Gasteiger partial charge in [-0.2, -0.15) is 0 Å². The number of nitrogens with zero attached hydrogens (tertiary/aromatic N) is 2. The number of ether oxygens (including phenoxy) is 1. The fraction of sp³-hybridized carbons (Fsp3) is 0.160. The van der Waals surface area contributed by atoms with Crippen LogP contribution in [0.15, 0.2) is 90.1 Å². The zero-order valence-corrected chi connectivity index (χ0v) is 23.9. The smallest absolute Gasteiger partial charge is 0.255 e. The van der Waals surface area contributed by atoms with E-state index in [1.54, 1.807) is 42.4 Å². The summed E-state index contributed by atoms with van der Waals surface area (Å²) in [5.41, 5.74) is 3.85. The number of benzene rings is 1. The normalized spacial score (nSPS) is 9.85. The molecule has 0 amide bonds. The van der Waals surface area contributed by atoms with Crippen LogP contribution in [-0.4, -0.2) is 21.6 Å². The van der Waals surface area contributed by atoms with Gasteiger partial charge in [-0.1, -0.05) is 18.2 Å². The summed E-state index contributed by atoms with van der Waals surface area (Å²) >= 11 is 10.0. The zero-order chi connectivity index (χ0) is 25.3. The summed E-state index contributed by atoms with van der Waals surface area (Å²) in [6.07, 6.45) is 5.17. The highest BCUT2D eigenvalue weighted by molar-refractivity contribution is 9.11. The van der Waals surface area contributed by atoms with Crippen LogP contribution < -0.4 is 15.9 Å². The molecule has 0 unspecified atom stereocenters. The van der Waals surface area contributed by atoms with Gasteiger partial charge in [0.1, 0.15) is 0 Å². The molecule has 4 rings (SSSR count). The van der Waals surface area contributed by atoms with Crippen molar-refractivity contribution in [3.8, 4) is 11.6 Å². The number of hydrogen-bond donors (Lipinski definition) is 1. The van der Waals surface area contributed by atoms with Crippen LogP contribution in [0.25, 0.3) is 5.69 Å². The predicted molar refractivity (Wildman–Crippen MR) is 147 cm³/mol. The third-order valence-corrected chi connectivity index (χ3v) is 7.04. The number of aryl methyl sites for hydroxylation is 3. The highest BCUT2D eigenvalue weighted by Gasteiger charge is 2.02. The number of H-pyrrole nitrogens is 1. The summed E-state index contributed by atoms with van der Waals surface area (Å²) in [6, 6.07) is 14.6. The highest BCUT2D eigenvalue weighted by Crippen LogP contribution is 2.18. The Balaban J connectivity index is 0.000000189. The van der Waals surface area contributed by atoms with Crippen molar-refractivity contribution in [1.29, 1.82) is 0 Å². The lowest BCUT2D eigenvalue weighted by Crippen LogP contribution is -2.17. The van der Waals surface area contributed by atoms with E-state index in [1.165, 1.54) is 0 Å². The van der Waals surface area contributed by atoms with Crippen LogP contribution >= 0.6 is 47.8 Å². The Kier molecular flexibility index (Phi) is 10.9. The molecule has 0 atom stereocenters. The number of methoxy groups -OCH3 is 1. The molecule has 9 heteroatoms. The van der Waals surface area contributed by atoms with Crippen LogP contribution in [0.4, 0.5) is 0 Å². The molecule has 1 aromatic carbocycles. The third-order valence-electron chi connectivity index (χ3n) is 4.53. The van der Waals surface area contributed by atoms with Gasteiger partial charge in [0, 0.05) is 55.9 Å². The molecule has 178 valence electrons. The van der Waals surface area contributed by atoms with E-state index in [0.29, 0.717) is 5.88 Å². The second-order valence-corrected chi connectivity index (χ2v) is 9.72. The maximum Gasteiger partial charge on any atom is 0.255 e. The molecule has 0 bridgehead atoms. The van der Waals surface area contributed by atoms with Gasteiger partial charge < -0.3 is 9.72 Å². The molecule has 0 aliphatic heterocycles. The largest absolute Gasteiger partial charge is 0.481 e. The van der Waals surface area contributed by atoms with E-state index in [4.69, 9.17) is 4.74 Å². The molecular formula is C25H24Br3N3O3. The Bertz CT molecular complexity index is 1350. The Hall–Kier alpha value is -2.49. The number of hydrogen-bond acceptors (Lipinski definition) is 4. The molecule has 34 heavy (non-hydrogen) atoms. The number of para-hydroxylation sites is 1. The predicted octanol–water partition coefficient (Wildman–Crippen LogP) is 6.52. The van der Waals surface area contributed by atoms with Crippen LogP contribution in [0.1, 0.15) is 16.7 Å². The minimum atomic E-state index is -0.0595. The summed E-state index contributed by atoms with van der Waals surface area (Å²) in [6.45, 7) is 5.77. The van der Waals surface area contributed by atoms with Crippen molar-refractivity contribution in [3.63, 3.8) is 0 Å². The van der Waals surface area contributed by atoms with Gasteiger partial charge in [0.2, 0.25) is 11.4 Å². The molecule has 0 saturated heterocycles. The van der Waals surface area contributed by atoms with Crippen molar-refractivity contribution in [2.75, 3.05) is 7.11 Å². The van der Waals surface area contributed by atoms with Gasteiger partial charge in [0.25, 0.3) is 5.56 Å². The summed E-state index contributed by atoms with van der Waals surface area (Å²) in [5.74, 6) is 0.653. The van der Waals surface area contributed by atoms with Gasteiger partial charge >= 0.3 is 0 Å². The number of nitrogens with one attached hydrogen (secondary N) is 1. The number of aromatic amines is 1. The number of aromatic nitrogens is 3. The average molecular weight is 654 g/mol. The highest BCUT2D eigenvalue weighted by atomic mass is 79.9.